The first kappa shape index (κ1) is 14.4. The molecular weight excluding hydrogens is 270 g/mol. The predicted molar refractivity (Wildman–Crippen MR) is 83.4 cm³/mol. The van der Waals surface area contributed by atoms with Crippen LogP contribution in [0.3, 0.4) is 0 Å². The molecule has 104 valence electrons. The van der Waals surface area contributed by atoms with Crippen LogP contribution in [0.5, 0.6) is 11.6 Å². The van der Waals surface area contributed by atoms with E-state index in [0.29, 0.717) is 11.4 Å². The first-order valence-corrected chi connectivity index (χ1v) is 6.69. The Morgan fingerprint density at radius 3 is 2.45 bits per heavy atom. The molecule has 0 aliphatic carbocycles. The normalized spacial score (nSPS) is 10.4. The van der Waals surface area contributed by atoms with Crippen LogP contribution in [0.4, 0.5) is 0 Å². The van der Waals surface area contributed by atoms with Crippen molar-refractivity contribution in [3.8, 4) is 11.6 Å². The lowest BCUT2D eigenvalue weighted by atomic mass is 10.1. The summed E-state index contributed by atoms with van der Waals surface area (Å²) in [6, 6.07) is 5.94. The van der Waals surface area contributed by atoms with Gasteiger partial charge in [-0.05, 0) is 44.9 Å². The quantitative estimate of drug-likeness (QED) is 0.879. The molecule has 0 saturated carbocycles. The lowest BCUT2D eigenvalue weighted by Gasteiger charge is -2.13. The summed E-state index contributed by atoms with van der Waals surface area (Å²) in [5.74, 6) is 1.08. The number of hydrogen-bond acceptors (Lipinski definition) is 4. The van der Waals surface area contributed by atoms with Crippen LogP contribution in [0.25, 0.3) is 0 Å². The van der Waals surface area contributed by atoms with Gasteiger partial charge in [-0.25, -0.2) is 0 Å². The standard InChI is InChI=1S/C15H17N3OS/c1-8-5-6-12(9(2)7-8)19-15-13(14(16)20)10(3)11(4)17-18-15/h5-7H,1-4H3,(H2,16,20). The van der Waals surface area contributed by atoms with Gasteiger partial charge in [0.2, 0.25) is 5.88 Å². The van der Waals surface area contributed by atoms with Gasteiger partial charge in [-0.15, -0.1) is 5.10 Å². The number of nitrogens with zero attached hydrogens (tertiary/aromatic N) is 2. The highest BCUT2D eigenvalue weighted by molar-refractivity contribution is 7.80. The van der Waals surface area contributed by atoms with Gasteiger partial charge in [-0.3, -0.25) is 0 Å². The molecule has 0 radical (unpaired) electrons. The van der Waals surface area contributed by atoms with E-state index in [1.807, 2.05) is 45.9 Å². The molecule has 0 aliphatic heterocycles. The Morgan fingerprint density at radius 1 is 1.15 bits per heavy atom. The minimum atomic E-state index is 0.264. The zero-order valence-corrected chi connectivity index (χ0v) is 12.8. The summed E-state index contributed by atoms with van der Waals surface area (Å²) < 4.78 is 5.85. The summed E-state index contributed by atoms with van der Waals surface area (Å²) in [5, 5.41) is 8.15. The molecule has 0 spiro atoms. The van der Waals surface area contributed by atoms with E-state index >= 15 is 0 Å². The minimum absolute atomic E-state index is 0.264. The Bertz CT molecular complexity index is 683. The first-order chi connectivity index (χ1) is 9.40. The Balaban J connectivity index is 2.48. The summed E-state index contributed by atoms with van der Waals surface area (Å²) in [6.45, 7) is 7.79. The first-order valence-electron chi connectivity index (χ1n) is 6.29. The maximum Gasteiger partial charge on any atom is 0.249 e. The van der Waals surface area contributed by atoms with Crippen molar-refractivity contribution in [3.05, 3.63) is 46.1 Å². The third kappa shape index (κ3) is 2.77. The molecule has 0 amide bonds. The van der Waals surface area contributed by atoms with Crippen molar-refractivity contribution in [1.29, 1.82) is 0 Å². The van der Waals surface area contributed by atoms with Crippen LogP contribution in [-0.2, 0) is 0 Å². The number of ether oxygens (including phenoxy) is 1. The average molecular weight is 287 g/mol. The predicted octanol–water partition coefficient (Wildman–Crippen LogP) is 3.14. The second-order valence-corrected chi connectivity index (χ2v) is 5.27. The molecule has 2 aromatic rings. The van der Waals surface area contributed by atoms with E-state index in [2.05, 4.69) is 10.2 Å². The fraction of sp³-hybridized carbons (Fsp3) is 0.267. The molecule has 5 heteroatoms. The summed E-state index contributed by atoms with van der Waals surface area (Å²) >= 11 is 5.10. The second-order valence-electron chi connectivity index (χ2n) is 4.83. The van der Waals surface area contributed by atoms with Crippen molar-refractivity contribution in [2.75, 3.05) is 0 Å². The van der Waals surface area contributed by atoms with E-state index in [0.717, 1.165) is 22.6 Å². The number of benzene rings is 1. The molecule has 1 aromatic carbocycles. The molecule has 20 heavy (non-hydrogen) atoms. The highest BCUT2D eigenvalue weighted by Gasteiger charge is 2.16. The Labute approximate surface area is 124 Å². The van der Waals surface area contributed by atoms with Crippen molar-refractivity contribution >= 4 is 17.2 Å². The van der Waals surface area contributed by atoms with Crippen LogP contribution in [0.2, 0.25) is 0 Å². The number of aryl methyl sites for hydroxylation is 3. The van der Waals surface area contributed by atoms with E-state index < -0.39 is 0 Å². The largest absolute Gasteiger partial charge is 0.437 e. The van der Waals surface area contributed by atoms with Crippen molar-refractivity contribution in [3.63, 3.8) is 0 Å². The number of aromatic nitrogens is 2. The van der Waals surface area contributed by atoms with Crippen molar-refractivity contribution in [1.82, 2.24) is 10.2 Å². The van der Waals surface area contributed by atoms with Crippen LogP contribution in [0.1, 0.15) is 27.9 Å². The van der Waals surface area contributed by atoms with Gasteiger partial charge in [0, 0.05) is 0 Å². The van der Waals surface area contributed by atoms with Crippen molar-refractivity contribution < 1.29 is 4.74 Å². The molecule has 0 unspecified atom stereocenters. The Morgan fingerprint density at radius 2 is 1.85 bits per heavy atom. The number of rotatable bonds is 3. The summed E-state index contributed by atoms with van der Waals surface area (Å²) in [5.41, 5.74) is 10.3. The van der Waals surface area contributed by atoms with Gasteiger partial charge in [0.15, 0.2) is 0 Å². The number of thiocarbonyl (C=S) groups is 1. The van der Waals surface area contributed by atoms with Gasteiger partial charge in [0.05, 0.1) is 11.3 Å². The van der Waals surface area contributed by atoms with E-state index in [1.165, 1.54) is 5.56 Å². The smallest absolute Gasteiger partial charge is 0.249 e. The van der Waals surface area contributed by atoms with E-state index in [9.17, 15) is 0 Å². The van der Waals surface area contributed by atoms with Gasteiger partial charge in [-0.2, -0.15) is 5.10 Å². The van der Waals surface area contributed by atoms with Gasteiger partial charge in [0.1, 0.15) is 10.7 Å². The number of nitrogens with two attached hydrogens (primary N) is 1. The molecule has 0 aliphatic rings. The number of hydrogen-bond donors (Lipinski definition) is 1. The Hall–Kier alpha value is -2.01. The van der Waals surface area contributed by atoms with Crippen molar-refractivity contribution in [2.24, 2.45) is 5.73 Å². The SMILES string of the molecule is Cc1ccc(Oc2nnc(C)c(C)c2C(N)=S)c(C)c1. The lowest BCUT2D eigenvalue weighted by Crippen LogP contribution is -2.15. The third-order valence-corrected chi connectivity index (χ3v) is 3.41. The Kier molecular flexibility index (Phi) is 3.99. The maximum absolute atomic E-state index is 5.85. The van der Waals surface area contributed by atoms with Crippen LogP contribution < -0.4 is 10.5 Å². The van der Waals surface area contributed by atoms with Crippen molar-refractivity contribution in [2.45, 2.75) is 27.7 Å². The van der Waals surface area contributed by atoms with E-state index in [4.69, 9.17) is 22.7 Å². The fourth-order valence-electron chi connectivity index (χ4n) is 1.97. The monoisotopic (exact) mass is 287 g/mol. The second kappa shape index (κ2) is 5.54. The van der Waals surface area contributed by atoms with Gasteiger partial charge < -0.3 is 10.5 Å². The van der Waals surface area contributed by atoms with Gasteiger partial charge >= 0.3 is 0 Å². The molecular formula is C15H17N3OS. The topological polar surface area (TPSA) is 61.0 Å². The van der Waals surface area contributed by atoms with E-state index in [1.54, 1.807) is 0 Å². The average Bonchev–Trinajstić information content (AvgIpc) is 2.36. The molecule has 2 N–H and O–H groups in total. The molecule has 4 nitrogen and oxygen atoms in total. The molecule has 0 saturated heterocycles. The zero-order valence-electron chi connectivity index (χ0n) is 12.0. The molecule has 1 heterocycles. The molecule has 1 aromatic heterocycles. The summed E-state index contributed by atoms with van der Waals surface area (Å²) in [7, 11) is 0. The zero-order chi connectivity index (χ0) is 14.9. The van der Waals surface area contributed by atoms with Gasteiger partial charge in [-0.1, -0.05) is 29.9 Å². The third-order valence-electron chi connectivity index (χ3n) is 3.21. The maximum atomic E-state index is 5.85. The van der Waals surface area contributed by atoms with Crippen LogP contribution in [0, 0.1) is 27.7 Å². The summed E-state index contributed by atoms with van der Waals surface area (Å²) in [6.07, 6.45) is 0. The van der Waals surface area contributed by atoms with Crippen LogP contribution in [0.15, 0.2) is 18.2 Å². The van der Waals surface area contributed by atoms with Gasteiger partial charge in [0.25, 0.3) is 0 Å². The molecule has 0 atom stereocenters. The minimum Gasteiger partial charge on any atom is -0.437 e. The highest BCUT2D eigenvalue weighted by Crippen LogP contribution is 2.28. The van der Waals surface area contributed by atoms with Crippen LogP contribution in [-0.4, -0.2) is 15.2 Å². The summed E-state index contributed by atoms with van der Waals surface area (Å²) in [4.78, 5) is 0.264. The highest BCUT2D eigenvalue weighted by atomic mass is 32.1. The molecule has 0 fully saturated rings. The lowest BCUT2D eigenvalue weighted by molar-refractivity contribution is 0.449. The van der Waals surface area contributed by atoms with E-state index in [-0.39, 0.29) is 4.99 Å². The van der Waals surface area contributed by atoms with Crippen LogP contribution >= 0.6 is 12.2 Å². The fourth-order valence-corrected chi connectivity index (χ4v) is 2.21. The molecule has 2 rings (SSSR count). The molecule has 0 bridgehead atoms.